The number of thioether (sulfide) groups is 1. The van der Waals surface area contributed by atoms with Gasteiger partial charge >= 0.3 is 0 Å². The third kappa shape index (κ3) is 10.3. The summed E-state index contributed by atoms with van der Waals surface area (Å²) in [6, 6.07) is 10.1. The molecular weight excluding hydrogens is 561 g/mol. The van der Waals surface area contributed by atoms with E-state index in [4.69, 9.17) is 27.9 Å². The van der Waals surface area contributed by atoms with Crippen molar-refractivity contribution in [2.24, 2.45) is 0 Å². The molecule has 210 valence electrons. The van der Waals surface area contributed by atoms with Crippen LogP contribution in [0.25, 0.3) is 0 Å². The highest BCUT2D eigenvalue weighted by Gasteiger charge is 2.15. The predicted octanol–water partition coefficient (Wildman–Crippen LogP) is 8.77. The van der Waals surface area contributed by atoms with Gasteiger partial charge in [0.2, 0.25) is 0 Å². The molecule has 1 aliphatic heterocycles. The van der Waals surface area contributed by atoms with Crippen LogP contribution in [0.3, 0.4) is 0 Å². The number of nitrogens with zero attached hydrogens (tertiary/aromatic N) is 2. The molecule has 3 aromatic rings. The van der Waals surface area contributed by atoms with Crippen LogP contribution in [-0.2, 0) is 25.1 Å². The molecule has 0 saturated heterocycles. The van der Waals surface area contributed by atoms with Gasteiger partial charge in [-0.3, -0.25) is 0 Å². The van der Waals surface area contributed by atoms with E-state index in [-0.39, 0.29) is 18.3 Å². The fourth-order valence-corrected chi connectivity index (χ4v) is 5.26. The van der Waals surface area contributed by atoms with Crippen LogP contribution in [0.5, 0.6) is 5.75 Å². The zero-order chi connectivity index (χ0) is 28.4. The molecule has 2 heterocycles. The number of allylic oxidation sites excluding steroid dienone is 4. The van der Waals surface area contributed by atoms with E-state index >= 15 is 0 Å². The highest BCUT2D eigenvalue weighted by molar-refractivity contribution is 7.98. The molecule has 0 unspecified atom stereocenters. The fourth-order valence-electron chi connectivity index (χ4n) is 3.68. The number of halogens is 4. The molecule has 0 atom stereocenters. The van der Waals surface area contributed by atoms with Gasteiger partial charge in [-0.25, -0.2) is 13.8 Å². The first-order chi connectivity index (χ1) is 18.6. The summed E-state index contributed by atoms with van der Waals surface area (Å²) in [6.45, 7) is 6.28. The summed E-state index contributed by atoms with van der Waals surface area (Å²) < 4.78 is 34.1. The van der Waals surface area contributed by atoms with Crippen LogP contribution in [0.2, 0.25) is 10.0 Å². The molecule has 9 heteroatoms. The number of imidazole rings is 1. The lowest BCUT2D eigenvalue weighted by Gasteiger charge is -2.18. The quantitative estimate of drug-likeness (QED) is 0.278. The average molecular weight is 596 g/mol. The van der Waals surface area contributed by atoms with Gasteiger partial charge in [0.05, 0.1) is 10.6 Å². The van der Waals surface area contributed by atoms with E-state index in [1.165, 1.54) is 23.8 Å². The van der Waals surface area contributed by atoms with Crippen molar-refractivity contribution in [2.45, 2.75) is 69.5 Å². The Labute approximate surface area is 243 Å². The van der Waals surface area contributed by atoms with Crippen molar-refractivity contribution in [3.8, 4) is 5.75 Å². The standard InChI is InChI=1S/C18H17ClF2N2S.C12H17ClO2/c19-17-10-15(21)8-7-13(17)12-24-18-22-11-16-6-2-1-4-14(20)5-3-9-23(16)18;1-4-9-5-6-11(10(13)7-9)15-8-12(2,3)14/h3-5,7-8,10-11H,1-2,6,9,12H2;5-7,14H,4,8H2,1-3H3/b5-3-,14-4+;. The maximum atomic E-state index is 13.5. The third-order valence-electron chi connectivity index (χ3n) is 5.80. The Hall–Kier alpha value is -2.32. The van der Waals surface area contributed by atoms with E-state index in [0.717, 1.165) is 42.1 Å². The molecular formula is C30H34Cl2F2N2O2S. The number of fused-ring (bicyclic) bond motifs is 1. The van der Waals surface area contributed by atoms with Gasteiger partial charge in [0.15, 0.2) is 5.16 Å². The van der Waals surface area contributed by atoms with Gasteiger partial charge in [0.25, 0.3) is 0 Å². The van der Waals surface area contributed by atoms with Crippen molar-refractivity contribution < 1.29 is 18.6 Å². The number of rotatable bonds is 7. The molecule has 1 N–H and O–H groups in total. The Morgan fingerprint density at radius 3 is 2.62 bits per heavy atom. The molecule has 0 radical (unpaired) electrons. The van der Waals surface area contributed by atoms with Gasteiger partial charge in [-0.1, -0.05) is 60.1 Å². The fraction of sp³-hybridized carbons (Fsp3) is 0.367. The first kappa shape index (κ1) is 31.2. The molecule has 4 rings (SSSR count). The predicted molar refractivity (Wildman–Crippen MR) is 157 cm³/mol. The lowest BCUT2D eigenvalue weighted by molar-refractivity contribution is 0.0285. The molecule has 2 aromatic carbocycles. The minimum atomic E-state index is -0.841. The number of benzene rings is 2. The zero-order valence-corrected chi connectivity index (χ0v) is 24.7. The second kappa shape index (κ2) is 14.9. The highest BCUT2D eigenvalue weighted by atomic mass is 35.5. The molecule has 39 heavy (non-hydrogen) atoms. The van der Waals surface area contributed by atoms with Gasteiger partial charge in [-0.15, -0.1) is 0 Å². The second-order valence-electron chi connectivity index (χ2n) is 9.77. The van der Waals surface area contributed by atoms with Gasteiger partial charge < -0.3 is 14.4 Å². The summed E-state index contributed by atoms with van der Waals surface area (Å²) in [5.41, 5.74) is 2.34. The molecule has 1 aromatic heterocycles. The van der Waals surface area contributed by atoms with Gasteiger partial charge in [-0.05, 0) is 87.1 Å². The number of hydrogen-bond acceptors (Lipinski definition) is 4. The summed E-state index contributed by atoms with van der Waals surface area (Å²) in [5, 5.41) is 11.4. The number of aliphatic hydroxyl groups is 1. The van der Waals surface area contributed by atoms with Crippen LogP contribution in [0, 0.1) is 5.82 Å². The Morgan fingerprint density at radius 2 is 1.92 bits per heavy atom. The highest BCUT2D eigenvalue weighted by Crippen LogP contribution is 2.28. The first-order valence-electron chi connectivity index (χ1n) is 12.8. The molecule has 4 nitrogen and oxygen atoms in total. The Balaban J connectivity index is 0.000000242. The molecule has 0 bridgehead atoms. The molecule has 0 aliphatic carbocycles. The smallest absolute Gasteiger partial charge is 0.168 e. The molecule has 1 aliphatic rings. The maximum Gasteiger partial charge on any atom is 0.168 e. The lowest BCUT2D eigenvalue weighted by atomic mass is 10.1. The van der Waals surface area contributed by atoms with E-state index < -0.39 is 5.60 Å². The number of aromatic nitrogens is 2. The van der Waals surface area contributed by atoms with Crippen LogP contribution >= 0.6 is 35.0 Å². The molecule has 0 amide bonds. The number of ether oxygens (including phenoxy) is 1. The van der Waals surface area contributed by atoms with Gasteiger partial charge in [-0.2, -0.15) is 0 Å². The van der Waals surface area contributed by atoms with Crippen LogP contribution in [0.4, 0.5) is 8.78 Å². The van der Waals surface area contributed by atoms with Crippen LogP contribution in [0.15, 0.2) is 71.8 Å². The van der Waals surface area contributed by atoms with E-state index in [0.29, 0.717) is 28.1 Å². The Morgan fingerprint density at radius 1 is 1.13 bits per heavy atom. The lowest BCUT2D eigenvalue weighted by Crippen LogP contribution is -2.27. The summed E-state index contributed by atoms with van der Waals surface area (Å²) >= 11 is 13.7. The van der Waals surface area contributed by atoms with Crippen molar-refractivity contribution in [3.05, 3.63) is 99.3 Å². The van der Waals surface area contributed by atoms with E-state index in [2.05, 4.69) is 16.5 Å². The van der Waals surface area contributed by atoms with Crippen molar-refractivity contribution in [3.63, 3.8) is 0 Å². The van der Waals surface area contributed by atoms with E-state index in [9.17, 15) is 13.9 Å². The minimum absolute atomic E-state index is 0.189. The van der Waals surface area contributed by atoms with Crippen molar-refractivity contribution in [1.29, 1.82) is 0 Å². The normalized spacial score (nSPS) is 15.8. The summed E-state index contributed by atoms with van der Waals surface area (Å²) in [6.07, 6.45) is 10.2. The van der Waals surface area contributed by atoms with Gasteiger partial charge in [0.1, 0.15) is 24.0 Å². The number of aryl methyl sites for hydroxylation is 2. The zero-order valence-electron chi connectivity index (χ0n) is 22.4. The topological polar surface area (TPSA) is 47.3 Å². The SMILES string of the molecule is CCc1ccc(OCC(C)(C)O)c(Cl)c1.FC1=C/CCCc2cnc(SCc3ccc(F)cc3Cl)n2C/C=C\1. The monoisotopic (exact) mass is 594 g/mol. The Kier molecular flexibility index (Phi) is 11.9. The van der Waals surface area contributed by atoms with Gasteiger partial charge in [0, 0.05) is 29.2 Å². The summed E-state index contributed by atoms with van der Waals surface area (Å²) in [7, 11) is 0. The summed E-state index contributed by atoms with van der Waals surface area (Å²) in [4.78, 5) is 4.49. The second-order valence-corrected chi connectivity index (χ2v) is 11.5. The molecule has 0 saturated carbocycles. The number of hydrogen-bond donors (Lipinski definition) is 1. The van der Waals surface area contributed by atoms with E-state index in [1.54, 1.807) is 43.8 Å². The minimum Gasteiger partial charge on any atom is -0.489 e. The largest absolute Gasteiger partial charge is 0.489 e. The van der Waals surface area contributed by atoms with Crippen molar-refractivity contribution in [1.82, 2.24) is 9.55 Å². The van der Waals surface area contributed by atoms with Crippen LogP contribution < -0.4 is 4.74 Å². The molecule has 0 spiro atoms. The summed E-state index contributed by atoms with van der Waals surface area (Å²) in [5.74, 6) is 0.696. The molecule has 0 fully saturated rings. The maximum absolute atomic E-state index is 13.5. The van der Waals surface area contributed by atoms with Crippen LogP contribution in [-0.4, -0.2) is 26.9 Å². The first-order valence-corrected chi connectivity index (χ1v) is 14.6. The van der Waals surface area contributed by atoms with Crippen LogP contribution in [0.1, 0.15) is 50.4 Å². The Bertz CT molecular complexity index is 1300. The third-order valence-corrected chi connectivity index (χ3v) is 7.49. The van der Waals surface area contributed by atoms with E-state index in [1.807, 2.05) is 24.4 Å². The van der Waals surface area contributed by atoms with Crippen molar-refractivity contribution in [2.75, 3.05) is 6.61 Å². The van der Waals surface area contributed by atoms with Crippen molar-refractivity contribution >= 4 is 35.0 Å². The average Bonchev–Trinajstić information content (AvgIpc) is 3.27.